The quantitative estimate of drug-likeness (QED) is 0.618. The topological polar surface area (TPSA) is 15.3 Å². The van der Waals surface area contributed by atoms with E-state index in [0.29, 0.717) is 6.04 Å². The van der Waals surface area contributed by atoms with Crippen molar-refractivity contribution < 1.29 is 0 Å². The second kappa shape index (κ2) is 10.1. The Kier molecular flexibility index (Phi) is 10.0. The number of nitrogens with one attached hydrogen (secondary N) is 1. The van der Waals surface area contributed by atoms with Crippen LogP contribution in [0.4, 0.5) is 0 Å². The monoisotopic (exact) mass is 228 g/mol. The Morgan fingerprint density at radius 3 is 2.12 bits per heavy atom. The fraction of sp³-hybridized carbons (Fsp3) is 1.00. The highest BCUT2D eigenvalue weighted by atomic mass is 15.1. The summed E-state index contributed by atoms with van der Waals surface area (Å²) in [7, 11) is 2.10. The van der Waals surface area contributed by atoms with Crippen LogP contribution in [0.2, 0.25) is 0 Å². The maximum atomic E-state index is 3.47. The van der Waals surface area contributed by atoms with E-state index in [9.17, 15) is 0 Å². The molecule has 2 unspecified atom stereocenters. The highest BCUT2D eigenvalue weighted by Gasteiger charge is 2.11. The second-order valence-corrected chi connectivity index (χ2v) is 4.93. The van der Waals surface area contributed by atoms with Gasteiger partial charge < -0.3 is 10.2 Å². The number of hydrogen-bond donors (Lipinski definition) is 1. The molecule has 0 aromatic rings. The van der Waals surface area contributed by atoms with Gasteiger partial charge >= 0.3 is 0 Å². The Balaban J connectivity index is 3.81. The fourth-order valence-corrected chi connectivity index (χ4v) is 2.35. The molecule has 1 N–H and O–H groups in total. The highest BCUT2D eigenvalue weighted by molar-refractivity contribution is 4.70. The highest BCUT2D eigenvalue weighted by Crippen LogP contribution is 2.14. The molecule has 2 nitrogen and oxygen atoms in total. The smallest absolute Gasteiger partial charge is 0.00787 e. The van der Waals surface area contributed by atoms with Crippen LogP contribution in [-0.4, -0.2) is 37.6 Å². The number of hydrogen-bond acceptors (Lipinski definition) is 2. The zero-order valence-corrected chi connectivity index (χ0v) is 12.1. The van der Waals surface area contributed by atoms with E-state index in [4.69, 9.17) is 0 Å². The fourth-order valence-electron chi connectivity index (χ4n) is 2.35. The molecule has 0 aromatic carbocycles. The van der Waals surface area contributed by atoms with Gasteiger partial charge in [-0.2, -0.15) is 0 Å². The minimum absolute atomic E-state index is 0.696. The number of nitrogens with zero attached hydrogens (tertiary/aromatic N) is 1. The lowest BCUT2D eigenvalue weighted by Crippen LogP contribution is -2.33. The van der Waals surface area contributed by atoms with E-state index in [1.54, 1.807) is 0 Å². The number of rotatable bonds is 10. The zero-order chi connectivity index (χ0) is 12.4. The summed E-state index contributed by atoms with van der Waals surface area (Å²) in [5.41, 5.74) is 0. The lowest BCUT2D eigenvalue weighted by atomic mass is 9.95. The molecular weight excluding hydrogens is 196 g/mol. The summed E-state index contributed by atoms with van der Waals surface area (Å²) >= 11 is 0. The van der Waals surface area contributed by atoms with Crippen LogP contribution in [-0.2, 0) is 0 Å². The van der Waals surface area contributed by atoms with E-state index in [1.807, 2.05) is 0 Å². The van der Waals surface area contributed by atoms with Crippen LogP contribution in [0.15, 0.2) is 0 Å². The molecule has 0 spiro atoms. The molecule has 0 fully saturated rings. The Labute approximate surface area is 103 Å². The Morgan fingerprint density at radius 2 is 1.69 bits per heavy atom. The molecule has 2 atom stereocenters. The molecular formula is C14H32N2. The average molecular weight is 228 g/mol. The summed E-state index contributed by atoms with van der Waals surface area (Å²) in [6, 6.07) is 0.696. The minimum Gasteiger partial charge on any atom is -0.317 e. The van der Waals surface area contributed by atoms with Crippen molar-refractivity contribution in [1.82, 2.24) is 10.2 Å². The first kappa shape index (κ1) is 15.9. The van der Waals surface area contributed by atoms with Crippen LogP contribution in [0.5, 0.6) is 0 Å². The first-order valence-corrected chi connectivity index (χ1v) is 7.07. The van der Waals surface area contributed by atoms with Gasteiger partial charge in [0.15, 0.2) is 0 Å². The summed E-state index contributed by atoms with van der Waals surface area (Å²) in [6.45, 7) is 12.7. The normalized spacial score (nSPS) is 15.4. The van der Waals surface area contributed by atoms with Gasteiger partial charge in [-0.25, -0.2) is 0 Å². The van der Waals surface area contributed by atoms with Crippen molar-refractivity contribution in [2.45, 2.75) is 59.4 Å². The van der Waals surface area contributed by atoms with E-state index >= 15 is 0 Å². The molecule has 0 bridgehead atoms. The SMILES string of the molecule is CCCC(C)CC(CCN(CC)CC)NC. The van der Waals surface area contributed by atoms with Gasteiger partial charge in [0, 0.05) is 6.04 Å². The molecule has 0 aromatic heterocycles. The maximum absolute atomic E-state index is 3.47. The van der Waals surface area contributed by atoms with Gasteiger partial charge in [-0.15, -0.1) is 0 Å². The van der Waals surface area contributed by atoms with E-state index in [1.165, 1.54) is 45.3 Å². The predicted octanol–water partition coefficient (Wildman–Crippen LogP) is 3.13. The Hall–Kier alpha value is -0.0800. The average Bonchev–Trinajstić information content (AvgIpc) is 2.29. The van der Waals surface area contributed by atoms with Crippen LogP contribution in [0.3, 0.4) is 0 Å². The Morgan fingerprint density at radius 1 is 1.06 bits per heavy atom. The van der Waals surface area contributed by atoms with Gasteiger partial charge in [0.25, 0.3) is 0 Å². The molecule has 0 aliphatic heterocycles. The minimum atomic E-state index is 0.696. The maximum Gasteiger partial charge on any atom is 0.00787 e. The van der Waals surface area contributed by atoms with Crippen molar-refractivity contribution in [3.8, 4) is 0 Å². The van der Waals surface area contributed by atoms with Crippen LogP contribution in [0.1, 0.15) is 53.4 Å². The van der Waals surface area contributed by atoms with E-state index < -0.39 is 0 Å². The molecule has 0 saturated carbocycles. The standard InChI is InChI=1S/C14H32N2/c1-6-9-13(4)12-14(15-5)10-11-16(7-2)8-3/h13-15H,6-12H2,1-5H3. The molecule has 2 heteroatoms. The van der Waals surface area contributed by atoms with E-state index in [-0.39, 0.29) is 0 Å². The van der Waals surface area contributed by atoms with Crippen molar-refractivity contribution in [3.05, 3.63) is 0 Å². The van der Waals surface area contributed by atoms with Crippen LogP contribution >= 0.6 is 0 Å². The Bertz CT molecular complexity index is 144. The lowest BCUT2D eigenvalue weighted by molar-refractivity contribution is 0.270. The largest absolute Gasteiger partial charge is 0.317 e. The molecule has 0 rings (SSSR count). The van der Waals surface area contributed by atoms with Gasteiger partial charge in [-0.3, -0.25) is 0 Å². The molecule has 0 heterocycles. The zero-order valence-electron chi connectivity index (χ0n) is 12.1. The van der Waals surface area contributed by atoms with Crippen molar-refractivity contribution in [2.24, 2.45) is 5.92 Å². The summed E-state index contributed by atoms with van der Waals surface area (Å²) in [5, 5.41) is 3.47. The van der Waals surface area contributed by atoms with Gasteiger partial charge in [0.05, 0.1) is 0 Å². The van der Waals surface area contributed by atoms with Gasteiger partial charge in [0.1, 0.15) is 0 Å². The van der Waals surface area contributed by atoms with E-state index in [0.717, 1.165) is 5.92 Å². The summed E-state index contributed by atoms with van der Waals surface area (Å²) < 4.78 is 0. The van der Waals surface area contributed by atoms with Crippen molar-refractivity contribution >= 4 is 0 Å². The molecule has 0 aliphatic rings. The van der Waals surface area contributed by atoms with Crippen molar-refractivity contribution in [1.29, 1.82) is 0 Å². The summed E-state index contributed by atoms with van der Waals surface area (Å²) in [4.78, 5) is 2.51. The molecule has 0 aliphatic carbocycles. The van der Waals surface area contributed by atoms with Gasteiger partial charge in [-0.1, -0.05) is 40.5 Å². The van der Waals surface area contributed by atoms with Crippen molar-refractivity contribution in [2.75, 3.05) is 26.7 Å². The van der Waals surface area contributed by atoms with Crippen LogP contribution in [0, 0.1) is 5.92 Å². The lowest BCUT2D eigenvalue weighted by Gasteiger charge is -2.24. The first-order chi connectivity index (χ1) is 7.67. The van der Waals surface area contributed by atoms with E-state index in [2.05, 4.69) is 45.0 Å². The van der Waals surface area contributed by atoms with Crippen molar-refractivity contribution in [3.63, 3.8) is 0 Å². The second-order valence-electron chi connectivity index (χ2n) is 4.93. The first-order valence-electron chi connectivity index (χ1n) is 7.07. The summed E-state index contributed by atoms with van der Waals surface area (Å²) in [5.74, 6) is 0.860. The third kappa shape index (κ3) is 7.24. The predicted molar refractivity (Wildman–Crippen MR) is 73.9 cm³/mol. The third-order valence-corrected chi connectivity index (χ3v) is 3.56. The van der Waals surface area contributed by atoms with Gasteiger partial charge in [0.2, 0.25) is 0 Å². The molecule has 0 radical (unpaired) electrons. The molecule has 98 valence electrons. The van der Waals surface area contributed by atoms with Gasteiger partial charge in [-0.05, 0) is 45.4 Å². The van der Waals surface area contributed by atoms with Crippen LogP contribution in [0.25, 0.3) is 0 Å². The third-order valence-electron chi connectivity index (χ3n) is 3.56. The molecule has 16 heavy (non-hydrogen) atoms. The molecule has 0 saturated heterocycles. The summed E-state index contributed by atoms with van der Waals surface area (Å²) in [6.07, 6.45) is 5.29. The van der Waals surface area contributed by atoms with Crippen LogP contribution < -0.4 is 5.32 Å². The molecule has 0 amide bonds.